The molecule has 0 spiro atoms. The Morgan fingerprint density at radius 1 is 1.32 bits per heavy atom. The predicted molar refractivity (Wildman–Crippen MR) is 106 cm³/mol. The molecular weight excluding hydrogens is 381 g/mol. The second-order valence-electron chi connectivity index (χ2n) is 7.74. The van der Waals surface area contributed by atoms with E-state index in [0.717, 1.165) is 5.56 Å². The SMILES string of the molecule is CC(C)(C)NC(=O)C1CSCN1C(=O)CCc1ncc(-c2ccc(F)cc2)o1. The largest absolute Gasteiger partial charge is 0.441 e. The van der Waals surface area contributed by atoms with E-state index in [4.69, 9.17) is 4.42 Å². The molecule has 1 unspecified atom stereocenters. The van der Waals surface area contributed by atoms with Crippen LogP contribution in [0, 0.1) is 5.82 Å². The number of hydrogen-bond donors (Lipinski definition) is 1. The van der Waals surface area contributed by atoms with Crippen LogP contribution in [0.15, 0.2) is 34.9 Å². The number of amides is 2. The van der Waals surface area contributed by atoms with E-state index in [1.807, 2.05) is 20.8 Å². The van der Waals surface area contributed by atoms with Gasteiger partial charge >= 0.3 is 0 Å². The number of carbonyl (C=O) groups is 2. The zero-order valence-electron chi connectivity index (χ0n) is 16.2. The van der Waals surface area contributed by atoms with E-state index in [0.29, 0.717) is 29.7 Å². The Hall–Kier alpha value is -2.35. The second kappa shape index (κ2) is 8.34. The smallest absolute Gasteiger partial charge is 0.244 e. The lowest BCUT2D eigenvalue weighted by molar-refractivity contribution is -0.138. The van der Waals surface area contributed by atoms with Gasteiger partial charge in [0.1, 0.15) is 11.9 Å². The molecule has 1 saturated heterocycles. The minimum atomic E-state index is -0.448. The number of halogens is 1. The van der Waals surface area contributed by atoms with Gasteiger partial charge in [-0.1, -0.05) is 0 Å². The van der Waals surface area contributed by atoms with E-state index in [9.17, 15) is 14.0 Å². The first kappa shape index (κ1) is 20.4. The van der Waals surface area contributed by atoms with Crippen molar-refractivity contribution in [1.82, 2.24) is 15.2 Å². The summed E-state index contributed by atoms with van der Waals surface area (Å²) in [6.45, 7) is 5.75. The number of thioether (sulfide) groups is 1. The summed E-state index contributed by atoms with van der Waals surface area (Å²) < 4.78 is 18.7. The minimum Gasteiger partial charge on any atom is -0.441 e. The number of hydrogen-bond acceptors (Lipinski definition) is 5. The van der Waals surface area contributed by atoms with Crippen molar-refractivity contribution in [3.05, 3.63) is 42.2 Å². The van der Waals surface area contributed by atoms with Crippen LogP contribution in [0.3, 0.4) is 0 Å². The molecule has 0 radical (unpaired) electrons. The average molecular weight is 405 g/mol. The lowest BCUT2D eigenvalue weighted by Crippen LogP contribution is -2.52. The van der Waals surface area contributed by atoms with Crippen molar-refractivity contribution in [2.45, 2.75) is 45.2 Å². The number of rotatable bonds is 5. The monoisotopic (exact) mass is 405 g/mol. The van der Waals surface area contributed by atoms with E-state index < -0.39 is 6.04 Å². The quantitative estimate of drug-likeness (QED) is 0.827. The molecule has 1 aliphatic heterocycles. The van der Waals surface area contributed by atoms with Crippen LogP contribution in [0.4, 0.5) is 4.39 Å². The molecule has 2 heterocycles. The van der Waals surface area contributed by atoms with Crippen LogP contribution in [0.1, 0.15) is 33.1 Å². The zero-order chi connectivity index (χ0) is 20.3. The van der Waals surface area contributed by atoms with Crippen molar-refractivity contribution in [2.75, 3.05) is 11.6 Å². The highest BCUT2D eigenvalue weighted by molar-refractivity contribution is 7.99. The molecule has 1 aromatic carbocycles. The van der Waals surface area contributed by atoms with Crippen LogP contribution >= 0.6 is 11.8 Å². The topological polar surface area (TPSA) is 75.4 Å². The summed E-state index contributed by atoms with van der Waals surface area (Å²) in [5.74, 6) is 1.54. The summed E-state index contributed by atoms with van der Waals surface area (Å²) in [4.78, 5) is 30.9. The van der Waals surface area contributed by atoms with Crippen molar-refractivity contribution >= 4 is 23.6 Å². The summed E-state index contributed by atoms with van der Waals surface area (Å²) in [5, 5.41) is 2.94. The molecule has 1 atom stereocenters. The molecule has 3 rings (SSSR count). The Morgan fingerprint density at radius 2 is 2.04 bits per heavy atom. The Kier molecular flexibility index (Phi) is 6.07. The molecule has 0 bridgehead atoms. The first-order chi connectivity index (χ1) is 13.2. The van der Waals surface area contributed by atoms with Crippen molar-refractivity contribution in [3.63, 3.8) is 0 Å². The van der Waals surface area contributed by atoms with Gasteiger partial charge < -0.3 is 14.6 Å². The molecule has 2 amide bonds. The highest BCUT2D eigenvalue weighted by Gasteiger charge is 2.35. The van der Waals surface area contributed by atoms with Crippen molar-refractivity contribution in [3.8, 4) is 11.3 Å². The number of nitrogens with one attached hydrogen (secondary N) is 1. The molecule has 0 saturated carbocycles. The fraction of sp³-hybridized carbons (Fsp3) is 0.450. The van der Waals surface area contributed by atoms with Gasteiger partial charge in [0.05, 0.1) is 12.1 Å². The van der Waals surface area contributed by atoms with Crippen LogP contribution in [-0.2, 0) is 16.0 Å². The third kappa shape index (κ3) is 5.13. The number of oxazole rings is 1. The third-order valence-electron chi connectivity index (χ3n) is 4.24. The zero-order valence-corrected chi connectivity index (χ0v) is 17.0. The van der Waals surface area contributed by atoms with Gasteiger partial charge in [-0.2, -0.15) is 0 Å². The maximum Gasteiger partial charge on any atom is 0.244 e. The normalized spacial score (nSPS) is 17.0. The van der Waals surface area contributed by atoms with Gasteiger partial charge in [-0.05, 0) is 45.0 Å². The van der Waals surface area contributed by atoms with Crippen molar-refractivity contribution in [1.29, 1.82) is 0 Å². The van der Waals surface area contributed by atoms with E-state index in [2.05, 4.69) is 10.3 Å². The van der Waals surface area contributed by atoms with Gasteiger partial charge in [0.25, 0.3) is 0 Å². The predicted octanol–water partition coefficient (Wildman–Crippen LogP) is 3.23. The van der Waals surface area contributed by atoms with Gasteiger partial charge in [0.2, 0.25) is 11.8 Å². The molecular formula is C20H24FN3O3S. The van der Waals surface area contributed by atoms with E-state index in [1.54, 1.807) is 35.0 Å². The molecule has 1 aliphatic rings. The highest BCUT2D eigenvalue weighted by Crippen LogP contribution is 2.24. The van der Waals surface area contributed by atoms with Crippen LogP contribution < -0.4 is 5.32 Å². The molecule has 8 heteroatoms. The number of benzene rings is 1. The van der Waals surface area contributed by atoms with E-state index >= 15 is 0 Å². The molecule has 1 N–H and O–H groups in total. The van der Waals surface area contributed by atoms with Gasteiger partial charge in [-0.3, -0.25) is 9.59 Å². The lowest BCUT2D eigenvalue weighted by Gasteiger charge is -2.27. The number of nitrogens with zero attached hydrogens (tertiary/aromatic N) is 2. The summed E-state index contributed by atoms with van der Waals surface area (Å²) in [6.07, 6.45) is 2.12. The fourth-order valence-corrected chi connectivity index (χ4v) is 4.07. The standard InChI is InChI=1S/C20H24FN3O3S/c1-20(2,3)23-19(26)15-11-28-12-24(15)18(25)9-8-17-22-10-16(27-17)13-4-6-14(21)7-5-13/h4-7,10,15H,8-9,11-12H2,1-3H3,(H,23,26). The summed E-state index contributed by atoms with van der Waals surface area (Å²) >= 11 is 1.57. The van der Waals surface area contributed by atoms with Crippen LogP contribution in [0.5, 0.6) is 0 Å². The van der Waals surface area contributed by atoms with Crippen LogP contribution in [0.2, 0.25) is 0 Å². The summed E-state index contributed by atoms with van der Waals surface area (Å²) in [7, 11) is 0. The number of aromatic nitrogens is 1. The lowest BCUT2D eigenvalue weighted by atomic mass is 10.1. The molecule has 28 heavy (non-hydrogen) atoms. The Morgan fingerprint density at radius 3 is 2.71 bits per heavy atom. The first-order valence-corrected chi connectivity index (χ1v) is 10.3. The molecule has 1 aromatic heterocycles. The maximum absolute atomic E-state index is 13.0. The molecule has 150 valence electrons. The third-order valence-corrected chi connectivity index (χ3v) is 5.25. The second-order valence-corrected chi connectivity index (χ2v) is 8.74. The molecule has 1 fully saturated rings. The molecule has 6 nitrogen and oxygen atoms in total. The summed E-state index contributed by atoms with van der Waals surface area (Å²) in [6, 6.07) is 5.50. The van der Waals surface area contributed by atoms with E-state index in [-0.39, 0.29) is 29.6 Å². The highest BCUT2D eigenvalue weighted by atomic mass is 32.2. The molecule has 0 aliphatic carbocycles. The van der Waals surface area contributed by atoms with Crippen LogP contribution in [0.25, 0.3) is 11.3 Å². The van der Waals surface area contributed by atoms with Gasteiger partial charge in [-0.25, -0.2) is 9.37 Å². The Labute approximate surface area is 167 Å². The minimum absolute atomic E-state index is 0.0967. The van der Waals surface area contributed by atoms with Crippen molar-refractivity contribution < 1.29 is 18.4 Å². The summed E-state index contributed by atoms with van der Waals surface area (Å²) in [5.41, 5.74) is 0.384. The van der Waals surface area contributed by atoms with E-state index in [1.165, 1.54) is 12.1 Å². The fourth-order valence-electron chi connectivity index (χ4n) is 2.89. The van der Waals surface area contributed by atoms with Gasteiger partial charge in [0.15, 0.2) is 11.7 Å². The van der Waals surface area contributed by atoms with Gasteiger partial charge in [-0.15, -0.1) is 11.8 Å². The number of aryl methyl sites for hydroxylation is 1. The van der Waals surface area contributed by atoms with Crippen molar-refractivity contribution in [2.24, 2.45) is 0 Å². The first-order valence-electron chi connectivity index (χ1n) is 9.13. The molecule has 2 aromatic rings. The number of carbonyl (C=O) groups excluding carboxylic acids is 2. The maximum atomic E-state index is 13.0. The Bertz CT molecular complexity index is 845. The van der Waals surface area contributed by atoms with Crippen LogP contribution in [-0.4, -0.2) is 44.9 Å². The average Bonchev–Trinajstić information content (AvgIpc) is 3.28. The Balaban J connectivity index is 1.58. The van der Waals surface area contributed by atoms with Gasteiger partial charge in [0, 0.05) is 29.7 Å².